The lowest BCUT2D eigenvalue weighted by molar-refractivity contribution is -0.401. The molecule has 0 bridgehead atoms. The SMILES string of the molecule is CN1/C(=C/C=C/C2=[N+](C)c3ccc4ccccc4c3C2(C)C)C(C)(Cc2ccc(Cl)s2)c2c1ccc1ccccc21. The number of halogens is 1. The Balaban J connectivity index is 1.34. The predicted molar refractivity (Wildman–Crippen MR) is 178 cm³/mol. The van der Waals surface area contributed by atoms with Crippen LogP contribution >= 0.6 is 22.9 Å². The van der Waals surface area contributed by atoms with Crippen LogP contribution in [0.1, 0.15) is 36.8 Å². The Kier molecular flexibility index (Phi) is 6.04. The zero-order valence-corrected chi connectivity index (χ0v) is 25.8. The first-order chi connectivity index (χ1) is 19.7. The maximum atomic E-state index is 6.40. The van der Waals surface area contributed by atoms with E-state index in [0.717, 1.165) is 10.8 Å². The van der Waals surface area contributed by atoms with E-state index in [2.05, 4.69) is 141 Å². The van der Waals surface area contributed by atoms with Crippen LogP contribution in [-0.2, 0) is 17.3 Å². The van der Waals surface area contributed by atoms with Gasteiger partial charge >= 0.3 is 0 Å². The third-order valence-corrected chi connectivity index (χ3v) is 10.5. The number of hydrogen-bond donors (Lipinski definition) is 0. The van der Waals surface area contributed by atoms with Crippen molar-refractivity contribution in [2.75, 3.05) is 19.0 Å². The standard InChI is InChI=1S/C37H34ClN2S/c1-36(2)31(39(4)29-20-17-24-11-6-8-13-27(24)34(29)36)15-10-16-32-37(3,23-26-19-22-33(38)41-26)35-28-14-9-7-12-25(28)18-21-30(35)40(32)5/h6-22H,23H2,1-5H3/q+1. The fraction of sp³-hybridized carbons (Fsp3) is 0.216. The first-order valence-corrected chi connectivity index (χ1v) is 15.4. The monoisotopic (exact) mass is 573 g/mol. The molecule has 2 aliphatic heterocycles. The third kappa shape index (κ3) is 3.94. The molecule has 0 N–H and O–H groups in total. The molecule has 0 amide bonds. The molecule has 2 aliphatic rings. The molecule has 0 spiro atoms. The van der Waals surface area contributed by atoms with E-state index in [4.69, 9.17) is 11.6 Å². The second-order valence-corrected chi connectivity index (χ2v) is 13.9. The Morgan fingerprint density at radius 1 is 0.829 bits per heavy atom. The molecule has 4 heteroatoms. The number of nitrogens with zero attached hydrogens (tertiary/aromatic N) is 2. The van der Waals surface area contributed by atoms with Crippen LogP contribution in [0.25, 0.3) is 21.5 Å². The molecule has 1 aromatic heterocycles. The first kappa shape index (κ1) is 26.3. The quantitative estimate of drug-likeness (QED) is 0.194. The molecule has 4 aromatic carbocycles. The average molecular weight is 574 g/mol. The summed E-state index contributed by atoms with van der Waals surface area (Å²) in [7, 11) is 4.41. The maximum absolute atomic E-state index is 6.40. The fourth-order valence-electron chi connectivity index (χ4n) is 7.44. The molecule has 0 saturated carbocycles. The van der Waals surface area contributed by atoms with Crippen LogP contribution in [0.4, 0.5) is 11.4 Å². The molecule has 3 heterocycles. The van der Waals surface area contributed by atoms with Gasteiger partial charge in [0.2, 0.25) is 5.69 Å². The van der Waals surface area contributed by atoms with Gasteiger partial charge in [0.1, 0.15) is 7.05 Å². The van der Waals surface area contributed by atoms with Gasteiger partial charge < -0.3 is 4.90 Å². The first-order valence-electron chi connectivity index (χ1n) is 14.2. The molecule has 0 saturated heterocycles. The largest absolute Gasteiger partial charge is 0.347 e. The summed E-state index contributed by atoms with van der Waals surface area (Å²) in [5.74, 6) is 0. The number of allylic oxidation sites excluding steroid dienone is 4. The van der Waals surface area contributed by atoms with Gasteiger partial charge in [-0.1, -0.05) is 72.3 Å². The van der Waals surface area contributed by atoms with Crippen LogP contribution in [-0.4, -0.2) is 24.4 Å². The number of likely N-dealkylation sites (N-methyl/N-ethyl adjacent to an activating group) is 1. The van der Waals surface area contributed by atoms with Gasteiger partial charge in [-0.05, 0) is 84.6 Å². The lowest BCUT2D eigenvalue weighted by Gasteiger charge is -2.29. The number of rotatable bonds is 4. The zero-order valence-electron chi connectivity index (χ0n) is 24.2. The van der Waals surface area contributed by atoms with Gasteiger partial charge in [0.15, 0.2) is 5.71 Å². The summed E-state index contributed by atoms with van der Waals surface area (Å²) in [6.07, 6.45) is 7.82. The van der Waals surface area contributed by atoms with E-state index in [-0.39, 0.29) is 10.8 Å². The number of benzene rings is 4. The highest BCUT2D eigenvalue weighted by atomic mass is 35.5. The van der Waals surface area contributed by atoms with Crippen molar-refractivity contribution in [3.8, 4) is 0 Å². The van der Waals surface area contributed by atoms with E-state index in [0.29, 0.717) is 0 Å². The molecule has 1 unspecified atom stereocenters. The Morgan fingerprint density at radius 3 is 2.17 bits per heavy atom. The second kappa shape index (κ2) is 9.44. The summed E-state index contributed by atoms with van der Waals surface area (Å²) < 4.78 is 3.21. The molecule has 0 radical (unpaired) electrons. The molecule has 41 heavy (non-hydrogen) atoms. The van der Waals surface area contributed by atoms with E-state index in [1.807, 2.05) is 6.07 Å². The summed E-state index contributed by atoms with van der Waals surface area (Å²) in [5.41, 5.74) is 7.65. The fourth-order valence-corrected chi connectivity index (χ4v) is 8.69. The van der Waals surface area contributed by atoms with Crippen molar-refractivity contribution in [3.05, 3.63) is 129 Å². The minimum absolute atomic E-state index is 0.113. The van der Waals surface area contributed by atoms with Crippen LogP contribution in [0.3, 0.4) is 0 Å². The maximum Gasteiger partial charge on any atom is 0.210 e. The summed E-state index contributed by atoms with van der Waals surface area (Å²) in [4.78, 5) is 3.69. The summed E-state index contributed by atoms with van der Waals surface area (Å²) in [6, 6.07) is 30.8. The normalized spacial score (nSPS) is 20.6. The molecule has 0 aliphatic carbocycles. The highest BCUT2D eigenvalue weighted by Gasteiger charge is 2.45. The molecular weight excluding hydrogens is 540 g/mol. The number of fused-ring (bicyclic) bond motifs is 6. The van der Waals surface area contributed by atoms with Crippen LogP contribution in [0.15, 0.2) is 109 Å². The lowest BCUT2D eigenvalue weighted by atomic mass is 9.76. The van der Waals surface area contributed by atoms with Gasteiger partial charge in [-0.15, -0.1) is 11.3 Å². The summed E-state index contributed by atoms with van der Waals surface area (Å²) >= 11 is 8.08. The molecule has 5 aromatic rings. The van der Waals surface area contributed by atoms with Crippen molar-refractivity contribution >= 4 is 61.6 Å². The van der Waals surface area contributed by atoms with E-state index in [1.165, 1.54) is 60.3 Å². The molecule has 1 atom stereocenters. The predicted octanol–water partition coefficient (Wildman–Crippen LogP) is 9.80. The van der Waals surface area contributed by atoms with Crippen molar-refractivity contribution in [3.63, 3.8) is 0 Å². The Morgan fingerprint density at radius 2 is 1.49 bits per heavy atom. The van der Waals surface area contributed by atoms with E-state index < -0.39 is 0 Å². The molecular formula is C37H34ClN2S+. The third-order valence-electron chi connectivity index (χ3n) is 9.31. The van der Waals surface area contributed by atoms with Crippen LogP contribution < -0.4 is 4.90 Å². The highest BCUT2D eigenvalue weighted by molar-refractivity contribution is 7.16. The van der Waals surface area contributed by atoms with Crippen LogP contribution in [0.5, 0.6) is 0 Å². The van der Waals surface area contributed by atoms with E-state index in [9.17, 15) is 0 Å². The van der Waals surface area contributed by atoms with Gasteiger partial charge in [-0.3, -0.25) is 0 Å². The van der Waals surface area contributed by atoms with Crippen molar-refractivity contribution in [1.29, 1.82) is 0 Å². The van der Waals surface area contributed by atoms with E-state index >= 15 is 0 Å². The van der Waals surface area contributed by atoms with Crippen molar-refractivity contribution in [1.82, 2.24) is 0 Å². The van der Waals surface area contributed by atoms with Crippen molar-refractivity contribution < 1.29 is 4.58 Å². The smallest absolute Gasteiger partial charge is 0.210 e. The summed E-state index contributed by atoms with van der Waals surface area (Å²) in [6.45, 7) is 7.10. The Hall–Kier alpha value is -3.66. The highest BCUT2D eigenvalue weighted by Crippen LogP contribution is 2.52. The van der Waals surface area contributed by atoms with Crippen molar-refractivity contribution in [2.45, 2.75) is 38.0 Å². The zero-order chi connectivity index (χ0) is 28.5. The molecule has 0 fully saturated rings. The number of anilines is 1. The van der Waals surface area contributed by atoms with E-state index in [1.54, 1.807) is 11.3 Å². The molecule has 204 valence electrons. The van der Waals surface area contributed by atoms with Crippen LogP contribution in [0.2, 0.25) is 4.34 Å². The van der Waals surface area contributed by atoms with Gasteiger partial charge in [-0.2, -0.15) is 4.58 Å². The molecule has 2 nitrogen and oxygen atoms in total. The Labute approximate surface area is 251 Å². The van der Waals surface area contributed by atoms with Gasteiger partial charge in [0.05, 0.1) is 9.75 Å². The topological polar surface area (TPSA) is 6.25 Å². The molecule has 7 rings (SSSR count). The summed E-state index contributed by atoms with van der Waals surface area (Å²) in [5, 5.41) is 5.23. The number of hydrogen-bond acceptors (Lipinski definition) is 2. The van der Waals surface area contributed by atoms with Gasteiger partial charge in [0, 0.05) is 46.4 Å². The minimum atomic E-state index is -0.204. The number of thiophene rings is 1. The van der Waals surface area contributed by atoms with Crippen LogP contribution in [0, 0.1) is 0 Å². The lowest BCUT2D eigenvalue weighted by Crippen LogP contribution is -2.29. The second-order valence-electron chi connectivity index (χ2n) is 12.1. The average Bonchev–Trinajstić information content (AvgIpc) is 3.53. The van der Waals surface area contributed by atoms with Gasteiger partial charge in [0.25, 0.3) is 0 Å². The van der Waals surface area contributed by atoms with Gasteiger partial charge in [-0.25, -0.2) is 0 Å². The minimum Gasteiger partial charge on any atom is -0.347 e. The van der Waals surface area contributed by atoms with Crippen molar-refractivity contribution in [2.24, 2.45) is 0 Å². The Bertz CT molecular complexity index is 1960.